The first-order valence-electron chi connectivity index (χ1n) is 13.7. The number of epoxide rings is 1. The molecule has 8 nitrogen and oxygen atoms in total. The van der Waals surface area contributed by atoms with Crippen molar-refractivity contribution in [2.75, 3.05) is 25.2 Å². The monoisotopic (exact) mass is 550 g/mol. The topological polar surface area (TPSA) is 109 Å². The Morgan fingerprint density at radius 3 is 2.61 bits per heavy atom. The molecule has 3 N–H and O–H groups in total. The average Bonchev–Trinajstić information content (AvgIpc) is 3.64. The summed E-state index contributed by atoms with van der Waals surface area (Å²) in [6.07, 6.45) is 12.2. The van der Waals surface area contributed by atoms with Crippen molar-refractivity contribution in [1.29, 1.82) is 0 Å². The fraction of sp³-hybridized carbons (Fsp3) is 0.724. The van der Waals surface area contributed by atoms with Crippen molar-refractivity contribution in [2.24, 2.45) is 11.8 Å². The molecule has 8 atom stereocenters. The summed E-state index contributed by atoms with van der Waals surface area (Å²) >= 11 is 1.48. The van der Waals surface area contributed by atoms with E-state index in [1.54, 1.807) is 6.08 Å². The van der Waals surface area contributed by atoms with Crippen molar-refractivity contribution in [2.45, 2.75) is 96.0 Å². The first kappa shape index (κ1) is 30.9. The number of aliphatic hydroxyl groups is 1. The summed E-state index contributed by atoms with van der Waals surface area (Å²) in [5, 5.41) is 16.8. The van der Waals surface area contributed by atoms with Crippen LogP contribution in [0.2, 0.25) is 0 Å². The Hall–Kier alpha value is -1.65. The van der Waals surface area contributed by atoms with E-state index in [1.807, 2.05) is 52.2 Å². The molecular formula is C29H46N2O6S. The third-order valence-corrected chi connectivity index (χ3v) is 8.04. The summed E-state index contributed by atoms with van der Waals surface area (Å²) in [5.74, 6) is 0.964. The molecule has 0 saturated carbocycles. The number of amides is 2. The molecule has 3 rings (SSSR count). The fourth-order valence-corrected chi connectivity index (χ4v) is 5.42. The molecular weight excluding hydrogens is 504 g/mol. The highest BCUT2D eigenvalue weighted by Crippen LogP contribution is 2.42. The van der Waals surface area contributed by atoms with Crippen LogP contribution in [0.5, 0.6) is 0 Å². The SMILES string of the molecule is CSCC(=O)NC[C@@H]1C[C@@]2(CO2)[C@H](O)[C@@H](/C=C/C(C)=C/C[C@@H]2O[C@H](C)[C@H](NC(=O)/C=C\C(C)C)C[C@@H]2C)O1. The minimum absolute atomic E-state index is 0.00380. The number of hydrogen-bond acceptors (Lipinski definition) is 7. The average molecular weight is 551 g/mol. The van der Waals surface area contributed by atoms with Crippen LogP contribution in [0.15, 0.2) is 36.0 Å². The van der Waals surface area contributed by atoms with Gasteiger partial charge in [0.05, 0.1) is 36.7 Å². The fourth-order valence-electron chi connectivity index (χ4n) is 5.05. The van der Waals surface area contributed by atoms with Gasteiger partial charge in [0.25, 0.3) is 0 Å². The van der Waals surface area contributed by atoms with Gasteiger partial charge in [0.15, 0.2) is 0 Å². The molecule has 3 heterocycles. The summed E-state index contributed by atoms with van der Waals surface area (Å²) in [4.78, 5) is 24.1. The van der Waals surface area contributed by atoms with Crippen molar-refractivity contribution in [1.82, 2.24) is 10.6 Å². The third-order valence-electron chi connectivity index (χ3n) is 7.49. The number of ether oxygens (including phenoxy) is 3. The summed E-state index contributed by atoms with van der Waals surface area (Å²) in [6.45, 7) is 11.2. The van der Waals surface area contributed by atoms with Crippen LogP contribution >= 0.6 is 11.8 Å². The van der Waals surface area contributed by atoms with Crippen LogP contribution in [0.1, 0.15) is 53.9 Å². The van der Waals surface area contributed by atoms with Gasteiger partial charge in [0, 0.05) is 13.0 Å². The Bertz CT molecular complexity index is 899. The first-order chi connectivity index (χ1) is 18.0. The zero-order chi connectivity index (χ0) is 27.9. The van der Waals surface area contributed by atoms with Crippen LogP contribution < -0.4 is 10.6 Å². The highest BCUT2D eigenvalue weighted by molar-refractivity contribution is 7.99. The highest BCUT2D eigenvalue weighted by Gasteiger charge is 2.58. The summed E-state index contributed by atoms with van der Waals surface area (Å²) in [7, 11) is 0. The largest absolute Gasteiger partial charge is 0.387 e. The van der Waals surface area contributed by atoms with E-state index >= 15 is 0 Å². The van der Waals surface area contributed by atoms with Crippen molar-refractivity contribution >= 4 is 23.6 Å². The zero-order valence-electron chi connectivity index (χ0n) is 23.6. The van der Waals surface area contributed by atoms with Crippen molar-refractivity contribution in [3.8, 4) is 0 Å². The molecule has 3 fully saturated rings. The molecule has 3 aliphatic heterocycles. The van der Waals surface area contributed by atoms with Gasteiger partial charge in [-0.15, -0.1) is 0 Å². The van der Waals surface area contributed by atoms with Gasteiger partial charge in [-0.25, -0.2) is 0 Å². The predicted molar refractivity (Wildman–Crippen MR) is 151 cm³/mol. The Morgan fingerprint density at radius 2 is 1.95 bits per heavy atom. The van der Waals surface area contributed by atoms with E-state index in [0.717, 1.165) is 18.4 Å². The summed E-state index contributed by atoms with van der Waals surface area (Å²) in [5.41, 5.74) is 0.484. The maximum atomic E-state index is 12.2. The van der Waals surface area contributed by atoms with Crippen molar-refractivity contribution in [3.05, 3.63) is 36.0 Å². The number of allylic oxidation sites excluding steroid dienone is 3. The lowest BCUT2D eigenvalue weighted by molar-refractivity contribution is -0.135. The second-order valence-corrected chi connectivity index (χ2v) is 12.2. The van der Waals surface area contributed by atoms with Crippen molar-refractivity contribution in [3.63, 3.8) is 0 Å². The second-order valence-electron chi connectivity index (χ2n) is 11.3. The van der Waals surface area contributed by atoms with E-state index < -0.39 is 17.8 Å². The molecule has 0 aliphatic carbocycles. The summed E-state index contributed by atoms with van der Waals surface area (Å²) in [6, 6.07) is -0.00380. The van der Waals surface area contributed by atoms with E-state index in [0.29, 0.717) is 37.2 Å². The van der Waals surface area contributed by atoms with Gasteiger partial charge in [0.1, 0.15) is 17.8 Å². The van der Waals surface area contributed by atoms with Gasteiger partial charge >= 0.3 is 0 Å². The number of aliphatic hydroxyl groups excluding tert-OH is 1. The molecule has 38 heavy (non-hydrogen) atoms. The number of carbonyl (C=O) groups excluding carboxylic acids is 2. The van der Waals surface area contributed by atoms with Gasteiger partial charge in [-0.3, -0.25) is 9.59 Å². The van der Waals surface area contributed by atoms with Crippen LogP contribution in [0, 0.1) is 11.8 Å². The maximum absolute atomic E-state index is 12.2. The molecule has 0 aromatic rings. The van der Waals surface area contributed by atoms with Gasteiger partial charge in [0.2, 0.25) is 11.8 Å². The Morgan fingerprint density at radius 1 is 1.21 bits per heavy atom. The minimum Gasteiger partial charge on any atom is -0.387 e. The molecule has 214 valence electrons. The predicted octanol–water partition coefficient (Wildman–Crippen LogP) is 3.16. The molecule has 1 spiro atoms. The molecule has 0 aromatic carbocycles. The van der Waals surface area contributed by atoms with E-state index in [-0.39, 0.29) is 36.2 Å². The Kier molecular flexibility index (Phi) is 11.5. The van der Waals surface area contributed by atoms with Gasteiger partial charge in [-0.2, -0.15) is 11.8 Å². The summed E-state index contributed by atoms with van der Waals surface area (Å²) < 4.78 is 18.0. The quantitative estimate of drug-likeness (QED) is 0.206. The van der Waals surface area contributed by atoms with E-state index in [2.05, 4.69) is 23.6 Å². The van der Waals surface area contributed by atoms with Crippen LogP contribution in [0.4, 0.5) is 0 Å². The standard InChI is InChI=1S/C29H46N2O6S/c1-18(2)7-12-26(32)31-23-13-20(4)24(36-21(23)5)10-8-19(3)9-11-25-28(34)29(17-35-29)14-22(37-25)15-30-27(33)16-38-6/h7-9,11-12,18,20-25,28,34H,10,13-17H2,1-6H3,(H,30,33)(H,31,32)/b11-9+,12-7-,19-8+/t20-,21+,22-,23+,24-,25+,28+,29+/m0/s1. The van der Waals surface area contributed by atoms with E-state index in [1.165, 1.54) is 11.8 Å². The smallest absolute Gasteiger partial charge is 0.243 e. The Balaban J connectivity index is 1.51. The lowest BCUT2D eigenvalue weighted by atomic mass is 9.87. The minimum atomic E-state index is -0.741. The van der Waals surface area contributed by atoms with Crippen LogP contribution in [0.25, 0.3) is 0 Å². The highest BCUT2D eigenvalue weighted by atomic mass is 32.2. The van der Waals surface area contributed by atoms with E-state index in [4.69, 9.17) is 14.2 Å². The zero-order valence-corrected chi connectivity index (χ0v) is 24.5. The van der Waals surface area contributed by atoms with Gasteiger partial charge < -0.3 is 30.0 Å². The van der Waals surface area contributed by atoms with Crippen LogP contribution in [-0.2, 0) is 23.8 Å². The maximum Gasteiger partial charge on any atom is 0.243 e. The number of thioether (sulfide) groups is 1. The lowest BCUT2D eigenvalue weighted by Gasteiger charge is -2.39. The third kappa shape index (κ3) is 8.95. The van der Waals surface area contributed by atoms with Crippen LogP contribution in [0.3, 0.4) is 0 Å². The van der Waals surface area contributed by atoms with Gasteiger partial charge in [-0.1, -0.05) is 50.6 Å². The second kappa shape index (κ2) is 14.1. The number of nitrogens with one attached hydrogen (secondary N) is 2. The molecule has 3 saturated heterocycles. The van der Waals surface area contributed by atoms with Crippen LogP contribution in [-0.4, -0.2) is 84.2 Å². The van der Waals surface area contributed by atoms with Gasteiger partial charge in [-0.05, 0) is 50.9 Å². The molecule has 9 heteroatoms. The molecule has 0 aromatic heterocycles. The molecule has 2 amide bonds. The molecule has 0 unspecified atom stereocenters. The first-order valence-corrected chi connectivity index (χ1v) is 15.1. The number of carbonyl (C=O) groups is 2. The van der Waals surface area contributed by atoms with Crippen molar-refractivity contribution < 1.29 is 28.9 Å². The normalized spacial score (nSPS) is 35.8. The lowest BCUT2D eigenvalue weighted by Crippen LogP contribution is -2.52. The Labute approximate surface area is 232 Å². The van der Waals surface area contributed by atoms with E-state index in [9.17, 15) is 14.7 Å². The molecule has 0 bridgehead atoms. The number of rotatable bonds is 11. The number of hydrogen-bond donors (Lipinski definition) is 3. The molecule has 3 aliphatic rings. The molecule has 0 radical (unpaired) electrons.